The second-order valence-corrected chi connectivity index (χ2v) is 1.86. The first-order valence-electron chi connectivity index (χ1n) is 2.64. The highest BCUT2D eigenvalue weighted by molar-refractivity contribution is 6.63. The summed E-state index contributed by atoms with van der Waals surface area (Å²) >= 11 is 4.97. The van der Waals surface area contributed by atoms with Crippen molar-refractivity contribution in [3.63, 3.8) is 0 Å². The van der Waals surface area contributed by atoms with E-state index in [4.69, 9.17) is 16.3 Å². The fourth-order valence-electron chi connectivity index (χ4n) is 0.303. The van der Waals surface area contributed by atoms with E-state index in [1.807, 2.05) is 13.0 Å². The van der Waals surface area contributed by atoms with Crippen LogP contribution in [0.4, 0.5) is 0 Å². The Balaban J connectivity index is 3.01. The molecule has 0 saturated heterocycles. The number of halogens is 1. The number of hydrogen-bond acceptors (Lipinski definition) is 2. The smallest absolute Gasteiger partial charge is 0.247 e. The SMILES string of the molecule is C/C=C/COCC(=O)Cl. The normalized spacial score (nSPS) is 10.4. The molecule has 52 valence electrons. The zero-order valence-electron chi connectivity index (χ0n) is 5.26. The molecule has 0 aliphatic heterocycles. The average Bonchev–Trinajstić information content (AvgIpc) is 1.80. The van der Waals surface area contributed by atoms with Gasteiger partial charge in [-0.05, 0) is 18.5 Å². The van der Waals surface area contributed by atoms with Crippen LogP contribution in [-0.2, 0) is 9.53 Å². The minimum atomic E-state index is -0.459. The summed E-state index contributed by atoms with van der Waals surface area (Å²) in [6.07, 6.45) is 3.65. The van der Waals surface area contributed by atoms with Crippen molar-refractivity contribution in [2.45, 2.75) is 6.92 Å². The third-order valence-corrected chi connectivity index (χ3v) is 0.774. The summed E-state index contributed by atoms with van der Waals surface area (Å²) in [5.41, 5.74) is 0. The molecule has 0 rings (SSSR count). The van der Waals surface area contributed by atoms with Gasteiger partial charge in [0, 0.05) is 0 Å². The summed E-state index contributed by atoms with van der Waals surface area (Å²) in [6, 6.07) is 0. The van der Waals surface area contributed by atoms with Crippen molar-refractivity contribution in [2.24, 2.45) is 0 Å². The van der Waals surface area contributed by atoms with Crippen LogP contribution >= 0.6 is 11.6 Å². The molecule has 0 fully saturated rings. The summed E-state index contributed by atoms with van der Waals surface area (Å²) in [6.45, 7) is 2.33. The predicted molar refractivity (Wildman–Crippen MR) is 36.5 cm³/mol. The fourth-order valence-corrected chi connectivity index (χ4v) is 0.381. The van der Waals surface area contributed by atoms with Crippen molar-refractivity contribution >= 4 is 16.8 Å². The molecule has 2 nitrogen and oxygen atoms in total. The first kappa shape index (κ1) is 8.66. The van der Waals surface area contributed by atoms with Crippen molar-refractivity contribution in [2.75, 3.05) is 13.2 Å². The highest BCUT2D eigenvalue weighted by atomic mass is 35.5. The molecule has 0 aliphatic rings. The van der Waals surface area contributed by atoms with Crippen LogP contribution in [0, 0.1) is 0 Å². The Kier molecular flexibility index (Phi) is 5.57. The molecule has 0 atom stereocenters. The Labute approximate surface area is 59.5 Å². The van der Waals surface area contributed by atoms with Gasteiger partial charge in [0.15, 0.2) is 0 Å². The maximum Gasteiger partial charge on any atom is 0.247 e. The number of ether oxygens (including phenoxy) is 1. The Bertz CT molecular complexity index is 110. The van der Waals surface area contributed by atoms with Crippen molar-refractivity contribution in [3.05, 3.63) is 12.2 Å². The van der Waals surface area contributed by atoms with Crippen LogP contribution in [0.15, 0.2) is 12.2 Å². The lowest BCUT2D eigenvalue weighted by molar-refractivity contribution is -0.115. The lowest BCUT2D eigenvalue weighted by atomic mass is 10.5. The minimum Gasteiger partial charge on any atom is -0.368 e. The maximum atomic E-state index is 10.0. The molecule has 0 aliphatic carbocycles. The highest BCUT2D eigenvalue weighted by Gasteiger charge is 1.91. The summed E-state index contributed by atoms with van der Waals surface area (Å²) in [7, 11) is 0. The number of carbonyl (C=O) groups is 1. The second-order valence-electron chi connectivity index (χ2n) is 1.44. The monoisotopic (exact) mass is 148 g/mol. The molecule has 0 bridgehead atoms. The maximum absolute atomic E-state index is 10.0. The molecule has 0 saturated carbocycles. The lowest BCUT2D eigenvalue weighted by Gasteiger charge is -1.92. The van der Waals surface area contributed by atoms with E-state index in [9.17, 15) is 4.79 Å². The van der Waals surface area contributed by atoms with Crippen LogP contribution in [0.1, 0.15) is 6.92 Å². The van der Waals surface area contributed by atoms with Gasteiger partial charge >= 0.3 is 0 Å². The Morgan fingerprint density at radius 2 is 2.44 bits per heavy atom. The van der Waals surface area contributed by atoms with E-state index in [-0.39, 0.29) is 6.61 Å². The molecule has 9 heavy (non-hydrogen) atoms. The van der Waals surface area contributed by atoms with Crippen molar-refractivity contribution in [1.82, 2.24) is 0 Å². The lowest BCUT2D eigenvalue weighted by Crippen LogP contribution is -2.00. The van der Waals surface area contributed by atoms with Crippen molar-refractivity contribution in [3.8, 4) is 0 Å². The topological polar surface area (TPSA) is 26.3 Å². The largest absolute Gasteiger partial charge is 0.368 e. The molecule has 0 aromatic carbocycles. The Hall–Kier alpha value is -0.340. The first-order chi connectivity index (χ1) is 4.27. The van der Waals surface area contributed by atoms with Gasteiger partial charge in [-0.1, -0.05) is 12.2 Å². The van der Waals surface area contributed by atoms with E-state index in [0.29, 0.717) is 6.61 Å². The van der Waals surface area contributed by atoms with Gasteiger partial charge < -0.3 is 4.74 Å². The van der Waals surface area contributed by atoms with Gasteiger partial charge in [0.1, 0.15) is 6.61 Å². The van der Waals surface area contributed by atoms with Crippen LogP contribution in [0.3, 0.4) is 0 Å². The molecule has 0 radical (unpaired) electrons. The third-order valence-electron chi connectivity index (χ3n) is 0.665. The van der Waals surface area contributed by atoms with Crippen molar-refractivity contribution in [1.29, 1.82) is 0 Å². The van der Waals surface area contributed by atoms with Gasteiger partial charge in [0.25, 0.3) is 0 Å². The van der Waals surface area contributed by atoms with Crippen LogP contribution in [0.25, 0.3) is 0 Å². The predicted octanol–water partition coefficient (Wildman–Crippen LogP) is 1.34. The van der Waals surface area contributed by atoms with E-state index in [1.54, 1.807) is 6.08 Å². The van der Waals surface area contributed by atoms with Crippen LogP contribution < -0.4 is 0 Å². The van der Waals surface area contributed by atoms with E-state index < -0.39 is 5.24 Å². The van der Waals surface area contributed by atoms with Crippen LogP contribution in [0.2, 0.25) is 0 Å². The van der Waals surface area contributed by atoms with E-state index in [1.165, 1.54) is 0 Å². The molecule has 0 heterocycles. The third kappa shape index (κ3) is 7.66. The molecule has 0 N–H and O–H groups in total. The summed E-state index contributed by atoms with van der Waals surface area (Å²) in [5, 5.41) is -0.459. The number of allylic oxidation sites excluding steroid dienone is 1. The standard InChI is InChI=1S/C6H9ClO2/c1-2-3-4-9-5-6(7)8/h2-3H,4-5H2,1H3/b3-2+. The molecule has 0 amide bonds. The van der Waals surface area contributed by atoms with Crippen LogP contribution in [-0.4, -0.2) is 18.5 Å². The van der Waals surface area contributed by atoms with Crippen molar-refractivity contribution < 1.29 is 9.53 Å². The summed E-state index contributed by atoms with van der Waals surface area (Å²) < 4.78 is 4.77. The van der Waals surface area contributed by atoms with Crippen LogP contribution in [0.5, 0.6) is 0 Å². The molecule has 0 unspecified atom stereocenters. The molecular formula is C6H9ClO2. The molecular weight excluding hydrogens is 140 g/mol. The molecule has 0 spiro atoms. The fraction of sp³-hybridized carbons (Fsp3) is 0.500. The Morgan fingerprint density at radius 1 is 1.78 bits per heavy atom. The van der Waals surface area contributed by atoms with Gasteiger partial charge in [-0.3, -0.25) is 4.79 Å². The van der Waals surface area contributed by atoms with Gasteiger partial charge in [-0.2, -0.15) is 0 Å². The first-order valence-corrected chi connectivity index (χ1v) is 3.02. The molecule has 3 heteroatoms. The van der Waals surface area contributed by atoms with E-state index >= 15 is 0 Å². The van der Waals surface area contributed by atoms with E-state index in [2.05, 4.69) is 0 Å². The number of hydrogen-bond donors (Lipinski definition) is 0. The number of rotatable bonds is 4. The van der Waals surface area contributed by atoms with Gasteiger partial charge in [-0.25, -0.2) is 0 Å². The zero-order valence-corrected chi connectivity index (χ0v) is 6.02. The van der Waals surface area contributed by atoms with Gasteiger partial charge in [-0.15, -0.1) is 0 Å². The van der Waals surface area contributed by atoms with Gasteiger partial charge in [0.2, 0.25) is 5.24 Å². The zero-order chi connectivity index (χ0) is 7.11. The van der Waals surface area contributed by atoms with Gasteiger partial charge in [0.05, 0.1) is 6.61 Å². The number of carbonyl (C=O) groups excluding carboxylic acids is 1. The minimum absolute atomic E-state index is 0.00804. The highest BCUT2D eigenvalue weighted by Crippen LogP contribution is 1.82. The Morgan fingerprint density at radius 3 is 2.89 bits per heavy atom. The molecule has 0 aromatic rings. The van der Waals surface area contributed by atoms with E-state index in [0.717, 1.165) is 0 Å². The summed E-state index contributed by atoms with van der Waals surface area (Å²) in [5.74, 6) is 0. The summed E-state index contributed by atoms with van der Waals surface area (Å²) in [4.78, 5) is 10.0. The molecule has 0 aromatic heterocycles. The quantitative estimate of drug-likeness (QED) is 0.342. The average molecular weight is 149 g/mol. The second kappa shape index (κ2) is 5.79.